The molecule has 0 spiro atoms. The van der Waals surface area contributed by atoms with E-state index >= 15 is 0 Å². The summed E-state index contributed by atoms with van der Waals surface area (Å²) in [6, 6.07) is 9.82. The Morgan fingerprint density at radius 1 is 1.33 bits per heavy atom. The lowest BCUT2D eigenvalue weighted by Crippen LogP contribution is -1.96. The fourth-order valence-corrected chi connectivity index (χ4v) is 2.04. The molecule has 3 rings (SSSR count). The third kappa shape index (κ3) is 2.92. The number of pyridine rings is 1. The lowest BCUT2D eigenvalue weighted by Gasteiger charge is -2.05. The average molecular weight is 322 g/mol. The van der Waals surface area contributed by atoms with Crippen LogP contribution in [0.3, 0.4) is 0 Å². The molecule has 0 aliphatic heterocycles. The van der Waals surface area contributed by atoms with Crippen molar-refractivity contribution in [3.63, 3.8) is 0 Å². The largest absolute Gasteiger partial charge is 0.496 e. The first-order valence-electron chi connectivity index (χ1n) is 6.76. The molecule has 3 aromatic rings. The topological polar surface area (TPSA) is 127 Å². The van der Waals surface area contributed by atoms with E-state index in [0.29, 0.717) is 22.8 Å². The smallest absolute Gasteiger partial charge is 0.262 e. The summed E-state index contributed by atoms with van der Waals surface area (Å²) in [4.78, 5) is 22.6. The van der Waals surface area contributed by atoms with Gasteiger partial charge in [0.2, 0.25) is 11.7 Å². The molecule has 0 saturated heterocycles. The summed E-state index contributed by atoms with van der Waals surface area (Å²) >= 11 is 0. The SMILES string of the molecule is COc1ccc(C(=O)N=[N+]=[N-])cc1-c1nc(-c2ccccn2)no1. The lowest BCUT2D eigenvalue weighted by molar-refractivity contribution is 0.100. The first kappa shape index (κ1) is 15.2. The van der Waals surface area contributed by atoms with Crippen molar-refractivity contribution in [1.29, 1.82) is 0 Å². The van der Waals surface area contributed by atoms with Crippen LogP contribution in [0.4, 0.5) is 0 Å². The number of aromatic nitrogens is 3. The first-order chi connectivity index (χ1) is 11.7. The van der Waals surface area contributed by atoms with Gasteiger partial charge in [0.25, 0.3) is 5.89 Å². The van der Waals surface area contributed by atoms with Crippen LogP contribution in [0, 0.1) is 0 Å². The van der Waals surface area contributed by atoms with Gasteiger partial charge in [-0.15, -0.1) is 0 Å². The van der Waals surface area contributed by atoms with Gasteiger partial charge in [-0.3, -0.25) is 9.78 Å². The summed E-state index contributed by atoms with van der Waals surface area (Å²) in [5.74, 6) is 0.178. The van der Waals surface area contributed by atoms with Crippen molar-refractivity contribution in [1.82, 2.24) is 15.1 Å². The number of nitrogens with zero attached hydrogens (tertiary/aromatic N) is 6. The van der Waals surface area contributed by atoms with Gasteiger partial charge in [-0.25, -0.2) is 0 Å². The minimum Gasteiger partial charge on any atom is -0.496 e. The maximum atomic E-state index is 11.7. The summed E-state index contributed by atoms with van der Waals surface area (Å²) in [6.45, 7) is 0. The molecule has 9 heteroatoms. The van der Waals surface area contributed by atoms with E-state index in [1.165, 1.54) is 19.2 Å². The molecule has 0 unspecified atom stereocenters. The summed E-state index contributed by atoms with van der Waals surface area (Å²) in [6.07, 6.45) is 1.62. The number of carbonyl (C=O) groups excluding carboxylic acids is 1. The second-order valence-corrected chi connectivity index (χ2v) is 4.55. The minimum atomic E-state index is -0.717. The maximum Gasteiger partial charge on any atom is 0.262 e. The van der Waals surface area contributed by atoms with Crippen LogP contribution in [0.25, 0.3) is 33.4 Å². The van der Waals surface area contributed by atoms with E-state index in [0.717, 1.165) is 0 Å². The van der Waals surface area contributed by atoms with Crippen molar-refractivity contribution < 1.29 is 14.1 Å². The molecular formula is C15H10N6O3. The molecule has 9 nitrogen and oxygen atoms in total. The number of amides is 1. The standard InChI is InChI=1S/C15H10N6O3/c1-23-12-6-5-9(14(22)19-21-16)8-10(12)15-18-13(20-24-15)11-4-2-3-7-17-11/h2-8H,1H3. The highest BCUT2D eigenvalue weighted by atomic mass is 16.5. The zero-order valence-corrected chi connectivity index (χ0v) is 12.4. The fraction of sp³-hybridized carbons (Fsp3) is 0.0667. The van der Waals surface area contributed by atoms with Crippen molar-refractivity contribution in [3.8, 4) is 28.7 Å². The van der Waals surface area contributed by atoms with Crippen molar-refractivity contribution in [2.24, 2.45) is 5.11 Å². The Bertz CT molecular complexity index is 931. The average Bonchev–Trinajstić information content (AvgIpc) is 3.12. The van der Waals surface area contributed by atoms with E-state index in [-0.39, 0.29) is 11.5 Å². The molecule has 24 heavy (non-hydrogen) atoms. The Kier molecular flexibility index (Phi) is 4.17. The number of hydrogen-bond donors (Lipinski definition) is 0. The summed E-state index contributed by atoms with van der Waals surface area (Å²) < 4.78 is 10.5. The van der Waals surface area contributed by atoms with Crippen LogP contribution < -0.4 is 4.74 Å². The molecule has 0 aliphatic carbocycles. The van der Waals surface area contributed by atoms with Crippen LogP contribution in [-0.4, -0.2) is 28.1 Å². The number of carbonyl (C=O) groups is 1. The van der Waals surface area contributed by atoms with Crippen LogP contribution in [-0.2, 0) is 0 Å². The first-order valence-corrected chi connectivity index (χ1v) is 6.76. The van der Waals surface area contributed by atoms with Crippen molar-refractivity contribution in [3.05, 3.63) is 58.6 Å². The minimum absolute atomic E-state index is 0.156. The normalized spacial score (nSPS) is 10.0. The highest BCUT2D eigenvalue weighted by Gasteiger charge is 2.17. The van der Waals surface area contributed by atoms with Gasteiger partial charge >= 0.3 is 0 Å². The monoisotopic (exact) mass is 322 g/mol. The number of benzene rings is 1. The molecule has 0 aliphatic rings. The van der Waals surface area contributed by atoms with Gasteiger partial charge in [-0.2, -0.15) is 4.98 Å². The van der Waals surface area contributed by atoms with E-state index in [1.807, 2.05) is 0 Å². The van der Waals surface area contributed by atoms with Crippen LogP contribution in [0.2, 0.25) is 0 Å². The van der Waals surface area contributed by atoms with E-state index in [4.69, 9.17) is 14.8 Å². The Hall–Kier alpha value is -3.71. The number of ether oxygens (including phenoxy) is 1. The molecular weight excluding hydrogens is 312 g/mol. The van der Waals surface area contributed by atoms with E-state index in [9.17, 15) is 4.79 Å². The molecule has 2 heterocycles. The van der Waals surface area contributed by atoms with Crippen LogP contribution in [0.5, 0.6) is 5.75 Å². The highest BCUT2D eigenvalue weighted by molar-refractivity contribution is 5.96. The van der Waals surface area contributed by atoms with Crippen LogP contribution >= 0.6 is 0 Å². The van der Waals surface area contributed by atoms with Gasteiger partial charge in [0, 0.05) is 16.7 Å². The van der Waals surface area contributed by atoms with Gasteiger partial charge in [0.15, 0.2) is 0 Å². The van der Waals surface area contributed by atoms with Crippen molar-refractivity contribution >= 4 is 5.91 Å². The highest BCUT2D eigenvalue weighted by Crippen LogP contribution is 2.31. The molecule has 0 bridgehead atoms. The van der Waals surface area contributed by atoms with Crippen LogP contribution in [0.15, 0.2) is 52.2 Å². The van der Waals surface area contributed by atoms with Gasteiger partial charge in [0.1, 0.15) is 11.4 Å². The Labute approximate surface area is 135 Å². The predicted molar refractivity (Wildman–Crippen MR) is 83.0 cm³/mol. The Morgan fingerprint density at radius 3 is 2.92 bits per heavy atom. The zero-order chi connectivity index (χ0) is 16.9. The van der Waals surface area contributed by atoms with Gasteiger partial charge < -0.3 is 9.26 Å². The predicted octanol–water partition coefficient (Wildman–Crippen LogP) is 3.26. The Balaban J connectivity index is 2.05. The third-order valence-corrected chi connectivity index (χ3v) is 3.13. The van der Waals surface area contributed by atoms with Crippen molar-refractivity contribution in [2.75, 3.05) is 7.11 Å². The fourth-order valence-electron chi connectivity index (χ4n) is 2.04. The number of hydrogen-bond acceptors (Lipinski definition) is 6. The van der Waals surface area contributed by atoms with Gasteiger partial charge in [0.05, 0.1) is 12.7 Å². The lowest BCUT2D eigenvalue weighted by atomic mass is 10.1. The van der Waals surface area contributed by atoms with Gasteiger partial charge in [-0.05, 0) is 41.0 Å². The van der Waals surface area contributed by atoms with E-state index < -0.39 is 5.91 Å². The molecule has 1 aromatic carbocycles. The maximum absolute atomic E-state index is 11.7. The molecule has 1 amide bonds. The number of rotatable bonds is 4. The quantitative estimate of drug-likeness (QED) is 0.412. The molecule has 2 aromatic heterocycles. The zero-order valence-electron chi connectivity index (χ0n) is 12.4. The third-order valence-electron chi connectivity index (χ3n) is 3.13. The Morgan fingerprint density at radius 2 is 2.21 bits per heavy atom. The molecule has 0 fully saturated rings. The molecule has 0 saturated carbocycles. The number of azide groups is 1. The van der Waals surface area contributed by atoms with E-state index in [2.05, 4.69) is 25.2 Å². The molecule has 0 N–H and O–H groups in total. The van der Waals surface area contributed by atoms with E-state index in [1.54, 1.807) is 30.5 Å². The molecule has 118 valence electrons. The van der Waals surface area contributed by atoms with Gasteiger partial charge in [-0.1, -0.05) is 11.2 Å². The second kappa shape index (κ2) is 6.59. The summed E-state index contributed by atoms with van der Waals surface area (Å²) in [7, 11) is 1.48. The molecule has 0 radical (unpaired) electrons. The summed E-state index contributed by atoms with van der Waals surface area (Å²) in [5, 5.41) is 6.94. The summed E-state index contributed by atoms with van der Waals surface area (Å²) in [5.41, 5.74) is 9.52. The molecule has 0 atom stereocenters. The van der Waals surface area contributed by atoms with Crippen LogP contribution in [0.1, 0.15) is 10.4 Å². The number of methoxy groups -OCH3 is 1. The second-order valence-electron chi connectivity index (χ2n) is 4.55. The van der Waals surface area contributed by atoms with Crippen molar-refractivity contribution in [2.45, 2.75) is 0 Å².